The molecular weight excluding hydrogens is 393 g/mol. The number of hydrogen-bond acceptors (Lipinski definition) is 3. The first-order valence-electron chi connectivity index (χ1n) is 9.94. The van der Waals surface area contributed by atoms with Crippen molar-refractivity contribution < 1.29 is 18.0 Å². The van der Waals surface area contributed by atoms with Gasteiger partial charge in [0.1, 0.15) is 5.02 Å². The molecule has 162 valence electrons. The molecule has 0 spiro atoms. The summed E-state index contributed by atoms with van der Waals surface area (Å²) in [7, 11) is 1.12. The Morgan fingerprint density at radius 1 is 1.18 bits per heavy atom. The first kappa shape index (κ1) is 24.8. The van der Waals surface area contributed by atoms with E-state index < -0.39 is 28.5 Å². The van der Waals surface area contributed by atoms with Crippen LogP contribution in [0.2, 0.25) is 5.02 Å². The SMILES string of the molecule is CCCCCN(CCCCC)CC(C)NC(=O)c1nn(C)c(C(F)(F)F)c1Cl. The molecule has 0 aliphatic heterocycles. The van der Waals surface area contributed by atoms with Gasteiger partial charge in [-0.2, -0.15) is 18.3 Å². The third-order valence-corrected chi connectivity index (χ3v) is 4.90. The van der Waals surface area contributed by atoms with E-state index >= 15 is 0 Å². The number of alkyl halides is 3. The average Bonchev–Trinajstić information content (AvgIpc) is 2.89. The third-order valence-electron chi connectivity index (χ3n) is 4.54. The number of hydrogen-bond donors (Lipinski definition) is 1. The predicted octanol–water partition coefficient (Wildman–Crippen LogP) is 4.89. The molecule has 0 aromatic carbocycles. The van der Waals surface area contributed by atoms with Gasteiger partial charge in [-0.05, 0) is 32.9 Å². The molecule has 9 heteroatoms. The van der Waals surface area contributed by atoms with Gasteiger partial charge in [-0.15, -0.1) is 0 Å². The van der Waals surface area contributed by atoms with E-state index in [1.165, 1.54) is 0 Å². The molecule has 5 nitrogen and oxygen atoms in total. The summed E-state index contributed by atoms with van der Waals surface area (Å²) in [6.07, 6.45) is 2.07. The minimum Gasteiger partial charge on any atom is -0.347 e. The topological polar surface area (TPSA) is 50.2 Å². The lowest BCUT2D eigenvalue weighted by Crippen LogP contribution is -2.43. The Hall–Kier alpha value is -1.28. The van der Waals surface area contributed by atoms with Crippen LogP contribution >= 0.6 is 11.6 Å². The van der Waals surface area contributed by atoms with E-state index in [1.807, 2.05) is 6.92 Å². The number of aromatic nitrogens is 2. The van der Waals surface area contributed by atoms with E-state index in [0.717, 1.165) is 58.7 Å². The molecular formula is C19H32ClF3N4O. The maximum absolute atomic E-state index is 13.0. The number of rotatable bonds is 12. The predicted molar refractivity (Wildman–Crippen MR) is 106 cm³/mol. The monoisotopic (exact) mass is 424 g/mol. The maximum Gasteiger partial charge on any atom is 0.434 e. The van der Waals surface area contributed by atoms with Gasteiger partial charge in [0.15, 0.2) is 11.4 Å². The van der Waals surface area contributed by atoms with Crippen molar-refractivity contribution in [2.24, 2.45) is 7.05 Å². The van der Waals surface area contributed by atoms with Gasteiger partial charge in [-0.25, -0.2) is 0 Å². The fraction of sp³-hybridized carbons (Fsp3) is 0.789. The molecule has 0 saturated carbocycles. The molecule has 1 N–H and O–H groups in total. The number of aryl methyl sites for hydroxylation is 1. The normalized spacial score (nSPS) is 13.2. The molecule has 1 unspecified atom stereocenters. The fourth-order valence-corrected chi connectivity index (χ4v) is 3.49. The van der Waals surface area contributed by atoms with Crippen molar-refractivity contribution in [1.82, 2.24) is 20.0 Å². The minimum atomic E-state index is -4.67. The van der Waals surface area contributed by atoms with Crippen LogP contribution in [0.3, 0.4) is 0 Å². The first-order chi connectivity index (χ1) is 13.1. The summed E-state index contributed by atoms with van der Waals surface area (Å²) in [5.74, 6) is -0.689. The molecule has 1 atom stereocenters. The van der Waals surface area contributed by atoms with Crippen molar-refractivity contribution in [3.63, 3.8) is 0 Å². The van der Waals surface area contributed by atoms with Crippen LogP contribution in [0.15, 0.2) is 0 Å². The van der Waals surface area contributed by atoms with Crippen LogP contribution in [-0.2, 0) is 13.2 Å². The quantitative estimate of drug-likeness (QED) is 0.486. The lowest BCUT2D eigenvalue weighted by Gasteiger charge is -2.26. The minimum absolute atomic E-state index is 0.233. The molecule has 0 saturated heterocycles. The summed E-state index contributed by atoms with van der Waals surface area (Å²) in [4.78, 5) is 14.7. The van der Waals surface area contributed by atoms with Crippen LogP contribution in [0.5, 0.6) is 0 Å². The standard InChI is InChI=1S/C19H32ClF3N4O/c1-5-7-9-11-27(12-10-8-6-2)13-14(3)24-18(28)16-15(20)17(19(21,22)23)26(4)25-16/h14H,5-13H2,1-4H3,(H,24,28). The Bertz CT molecular complexity index is 609. The lowest BCUT2D eigenvalue weighted by atomic mass is 10.2. The van der Waals surface area contributed by atoms with Crippen LogP contribution in [0.25, 0.3) is 0 Å². The smallest absolute Gasteiger partial charge is 0.347 e. The second-order valence-electron chi connectivity index (χ2n) is 7.22. The number of unbranched alkanes of at least 4 members (excludes halogenated alkanes) is 4. The van der Waals surface area contributed by atoms with E-state index in [4.69, 9.17) is 11.6 Å². The van der Waals surface area contributed by atoms with Crippen LogP contribution in [0.4, 0.5) is 13.2 Å². The number of carbonyl (C=O) groups excluding carboxylic acids is 1. The van der Waals surface area contributed by atoms with Gasteiger partial charge in [-0.3, -0.25) is 9.48 Å². The summed E-state index contributed by atoms with van der Waals surface area (Å²) in [5, 5.41) is 5.74. The van der Waals surface area contributed by atoms with Crippen LogP contribution in [-0.4, -0.2) is 46.3 Å². The van der Waals surface area contributed by atoms with Crippen molar-refractivity contribution in [3.8, 4) is 0 Å². The highest BCUT2D eigenvalue weighted by molar-refractivity contribution is 6.34. The number of amides is 1. The van der Waals surface area contributed by atoms with Gasteiger partial charge in [-0.1, -0.05) is 51.1 Å². The zero-order valence-corrected chi connectivity index (χ0v) is 18.0. The molecule has 1 aromatic heterocycles. The second kappa shape index (κ2) is 11.7. The Morgan fingerprint density at radius 2 is 1.71 bits per heavy atom. The third kappa shape index (κ3) is 7.62. The number of halogens is 4. The van der Waals surface area contributed by atoms with E-state index in [9.17, 15) is 18.0 Å². The molecule has 0 radical (unpaired) electrons. The van der Waals surface area contributed by atoms with Crippen LogP contribution in [0, 0.1) is 0 Å². The summed E-state index contributed by atoms with van der Waals surface area (Å²) in [6, 6.07) is -0.233. The van der Waals surface area contributed by atoms with E-state index in [-0.39, 0.29) is 6.04 Å². The Morgan fingerprint density at radius 3 is 2.14 bits per heavy atom. The van der Waals surface area contributed by atoms with Crippen LogP contribution < -0.4 is 5.32 Å². The molecule has 0 aliphatic carbocycles. The van der Waals surface area contributed by atoms with Crippen molar-refractivity contribution >= 4 is 17.5 Å². The summed E-state index contributed by atoms with van der Waals surface area (Å²) >= 11 is 5.79. The van der Waals surface area contributed by atoms with Gasteiger partial charge in [0.2, 0.25) is 0 Å². The zero-order chi connectivity index (χ0) is 21.3. The largest absolute Gasteiger partial charge is 0.434 e. The molecule has 1 aromatic rings. The van der Waals surface area contributed by atoms with Gasteiger partial charge < -0.3 is 10.2 Å². The Kier molecular flexibility index (Phi) is 10.3. The van der Waals surface area contributed by atoms with E-state index in [2.05, 4.69) is 29.2 Å². The fourth-order valence-electron chi connectivity index (χ4n) is 3.14. The number of nitrogens with zero attached hydrogens (tertiary/aromatic N) is 3. The van der Waals surface area contributed by atoms with Gasteiger partial charge in [0.05, 0.1) is 0 Å². The van der Waals surface area contributed by atoms with Gasteiger partial charge >= 0.3 is 6.18 Å². The molecule has 1 amide bonds. The maximum atomic E-state index is 13.0. The summed E-state index contributed by atoms with van der Waals surface area (Å²) in [5.41, 5.74) is -1.51. The van der Waals surface area contributed by atoms with Crippen LogP contribution in [0.1, 0.15) is 75.5 Å². The summed E-state index contributed by atoms with van der Waals surface area (Å²) < 4.78 is 39.7. The first-order valence-corrected chi connectivity index (χ1v) is 10.3. The van der Waals surface area contributed by atoms with Crippen molar-refractivity contribution in [2.45, 2.75) is 71.5 Å². The highest BCUT2D eigenvalue weighted by Crippen LogP contribution is 2.35. The molecule has 0 fully saturated rings. The highest BCUT2D eigenvalue weighted by atomic mass is 35.5. The number of carbonyl (C=O) groups is 1. The molecule has 28 heavy (non-hydrogen) atoms. The van der Waals surface area contributed by atoms with Crippen molar-refractivity contribution in [1.29, 1.82) is 0 Å². The van der Waals surface area contributed by atoms with Crippen molar-refractivity contribution in [3.05, 3.63) is 16.4 Å². The van der Waals surface area contributed by atoms with Gasteiger partial charge in [0, 0.05) is 19.6 Å². The molecule has 0 aliphatic rings. The van der Waals surface area contributed by atoms with Crippen molar-refractivity contribution in [2.75, 3.05) is 19.6 Å². The Labute approximate surface area is 170 Å². The Balaban J connectivity index is 2.73. The van der Waals surface area contributed by atoms with Gasteiger partial charge in [0.25, 0.3) is 5.91 Å². The highest BCUT2D eigenvalue weighted by Gasteiger charge is 2.40. The van der Waals surface area contributed by atoms with E-state index in [0.29, 0.717) is 11.2 Å². The van der Waals surface area contributed by atoms with E-state index in [1.54, 1.807) is 0 Å². The zero-order valence-electron chi connectivity index (χ0n) is 17.2. The number of nitrogens with one attached hydrogen (secondary N) is 1. The lowest BCUT2D eigenvalue weighted by molar-refractivity contribution is -0.143. The second-order valence-corrected chi connectivity index (χ2v) is 7.60. The average molecular weight is 425 g/mol. The molecule has 0 bridgehead atoms. The molecule has 1 rings (SSSR count). The summed E-state index contributed by atoms with van der Waals surface area (Å²) in [6.45, 7) is 8.66. The molecule has 1 heterocycles.